The molecule has 2 aromatic rings. The van der Waals surface area contributed by atoms with E-state index in [9.17, 15) is 32.3 Å². The number of nitrogens with zero attached hydrogens (tertiary/aromatic N) is 3. The normalized spacial score (nSPS) is 18.4. The average molecular weight is 723 g/mol. The topological polar surface area (TPSA) is 109 Å². The Bertz CT molecular complexity index is 1430. The van der Waals surface area contributed by atoms with Gasteiger partial charge in [0.2, 0.25) is 5.91 Å². The van der Waals surface area contributed by atoms with E-state index in [0.717, 1.165) is 36.7 Å². The van der Waals surface area contributed by atoms with E-state index in [1.54, 1.807) is 12.4 Å². The first kappa shape index (κ1) is 41.1. The second-order valence-corrected chi connectivity index (χ2v) is 15.3. The summed E-state index contributed by atoms with van der Waals surface area (Å²) in [5.74, 6) is -5.74. The number of hydrogen-bond acceptors (Lipinski definition) is 8. The van der Waals surface area contributed by atoms with Gasteiger partial charge in [0, 0.05) is 44.3 Å². The van der Waals surface area contributed by atoms with Crippen molar-refractivity contribution >= 4 is 34.9 Å². The van der Waals surface area contributed by atoms with Crippen LogP contribution in [0.15, 0.2) is 35.7 Å². The highest BCUT2D eigenvalue weighted by molar-refractivity contribution is 7.09. The van der Waals surface area contributed by atoms with Gasteiger partial charge in [0.05, 0.1) is 17.9 Å². The van der Waals surface area contributed by atoms with E-state index in [1.165, 1.54) is 18.9 Å². The summed E-state index contributed by atoms with van der Waals surface area (Å²) in [7, 11) is 3.19. The number of halogens is 3. The van der Waals surface area contributed by atoms with Crippen LogP contribution in [0.25, 0.3) is 0 Å². The van der Waals surface area contributed by atoms with Gasteiger partial charge in [-0.1, -0.05) is 65.0 Å². The Morgan fingerprint density at radius 2 is 1.74 bits per heavy atom. The number of nitrogens with one attached hydrogen (secondary N) is 1. The number of ether oxygens (including phenoxy) is 1. The van der Waals surface area contributed by atoms with E-state index in [4.69, 9.17) is 4.74 Å². The lowest BCUT2D eigenvalue weighted by molar-refractivity contribution is -0.191. The molecule has 1 aromatic heterocycles. The van der Waals surface area contributed by atoms with E-state index in [-0.39, 0.29) is 35.8 Å². The van der Waals surface area contributed by atoms with E-state index < -0.39 is 54.5 Å². The third-order valence-electron chi connectivity index (χ3n) is 9.57. The quantitative estimate of drug-likeness (QED) is 0.178. The molecule has 0 bridgehead atoms. The number of likely N-dealkylation sites (N-methyl/N-ethyl adjacent to an activating group) is 1. The molecule has 1 aromatic carbocycles. The van der Waals surface area contributed by atoms with Gasteiger partial charge in [0.15, 0.2) is 11.9 Å². The predicted octanol–water partition coefficient (Wildman–Crippen LogP) is 6.88. The van der Waals surface area contributed by atoms with Crippen LogP contribution in [-0.4, -0.2) is 83.3 Å². The fourth-order valence-electron chi connectivity index (χ4n) is 6.76. The van der Waals surface area contributed by atoms with Crippen molar-refractivity contribution in [3.05, 3.63) is 52.0 Å². The van der Waals surface area contributed by atoms with E-state index in [1.807, 2.05) is 49.1 Å². The summed E-state index contributed by atoms with van der Waals surface area (Å²) in [6.45, 7) is 10.7. The number of esters is 1. The van der Waals surface area contributed by atoms with Gasteiger partial charge in [0.25, 0.3) is 5.91 Å². The molecule has 6 atom stereocenters. The van der Waals surface area contributed by atoms with Crippen LogP contribution in [-0.2, 0) is 25.5 Å². The van der Waals surface area contributed by atoms with Gasteiger partial charge in [-0.25, -0.2) is 4.98 Å². The van der Waals surface area contributed by atoms with Gasteiger partial charge in [-0.05, 0) is 56.7 Å². The number of benzene rings is 1. The average Bonchev–Trinajstić information content (AvgIpc) is 3.70. The molecule has 0 aliphatic carbocycles. The van der Waals surface area contributed by atoms with Gasteiger partial charge in [-0.3, -0.25) is 24.1 Å². The highest BCUT2D eigenvalue weighted by Crippen LogP contribution is 2.37. The molecule has 13 heteroatoms. The number of hydrogen-bond donors (Lipinski definition) is 1. The second-order valence-electron chi connectivity index (χ2n) is 14.4. The van der Waals surface area contributed by atoms with Crippen LogP contribution < -0.4 is 5.32 Å². The van der Waals surface area contributed by atoms with Gasteiger partial charge in [-0.15, -0.1) is 11.3 Å². The van der Waals surface area contributed by atoms with E-state index in [0.29, 0.717) is 30.3 Å². The molecular weight excluding hydrogens is 669 g/mol. The number of carbonyl (C=O) groups excluding carboxylic acids is 4. The molecule has 1 N–H and O–H groups in total. The number of ketones is 1. The molecular formula is C37H53F3N4O5S. The molecule has 0 spiro atoms. The minimum absolute atomic E-state index is 0.0322. The minimum Gasteiger partial charge on any atom is -0.455 e. The smallest absolute Gasteiger partial charge is 0.392 e. The van der Waals surface area contributed by atoms with E-state index in [2.05, 4.69) is 24.1 Å². The fourth-order valence-corrected chi connectivity index (χ4v) is 7.60. The molecule has 3 rings (SSSR count). The van der Waals surface area contributed by atoms with Gasteiger partial charge in [-0.2, -0.15) is 13.2 Å². The van der Waals surface area contributed by atoms with Crippen LogP contribution in [0.2, 0.25) is 0 Å². The van der Waals surface area contributed by atoms with Crippen molar-refractivity contribution in [3.63, 3.8) is 0 Å². The third-order valence-corrected chi connectivity index (χ3v) is 10.5. The highest BCUT2D eigenvalue weighted by Gasteiger charge is 2.47. The lowest BCUT2D eigenvalue weighted by Gasteiger charge is -2.37. The zero-order chi connectivity index (χ0) is 37.3. The summed E-state index contributed by atoms with van der Waals surface area (Å²) in [5, 5.41) is 5.01. The Morgan fingerprint density at radius 1 is 1.08 bits per heavy atom. The first-order chi connectivity index (χ1) is 23.4. The van der Waals surface area contributed by atoms with Crippen molar-refractivity contribution in [2.45, 2.75) is 110 Å². The van der Waals surface area contributed by atoms with Gasteiger partial charge in [0.1, 0.15) is 10.7 Å². The van der Waals surface area contributed by atoms with Gasteiger partial charge >= 0.3 is 12.1 Å². The Morgan fingerprint density at radius 3 is 2.28 bits per heavy atom. The zero-order valence-corrected chi connectivity index (χ0v) is 31.3. The first-order valence-corrected chi connectivity index (χ1v) is 18.3. The first-order valence-electron chi connectivity index (χ1n) is 17.4. The number of likely N-dealkylation sites (tertiary alicyclic amines) is 1. The summed E-state index contributed by atoms with van der Waals surface area (Å²) in [4.78, 5) is 60.4. The number of Topliss-reactive ketones (excluding diaryl/α,β-unsaturated/α-hetero) is 1. The Kier molecular flexibility index (Phi) is 15.0. The summed E-state index contributed by atoms with van der Waals surface area (Å²) in [6.07, 6.45) is -3.45. The number of alkyl halides is 3. The largest absolute Gasteiger partial charge is 0.455 e. The summed E-state index contributed by atoms with van der Waals surface area (Å²) < 4.78 is 47.9. The van der Waals surface area contributed by atoms with Crippen LogP contribution in [0, 0.1) is 23.7 Å². The molecule has 1 fully saturated rings. The minimum atomic E-state index is -4.69. The molecule has 1 aliphatic rings. The molecule has 1 saturated heterocycles. The summed E-state index contributed by atoms with van der Waals surface area (Å²) in [5.41, 5.74) is 1.25. The second kappa shape index (κ2) is 18.3. The van der Waals surface area contributed by atoms with Crippen LogP contribution in [0.4, 0.5) is 13.2 Å². The maximum absolute atomic E-state index is 14.1. The predicted molar refractivity (Wildman–Crippen MR) is 187 cm³/mol. The Balaban J connectivity index is 1.83. The van der Waals surface area contributed by atoms with Crippen LogP contribution in [0.1, 0.15) is 101 Å². The maximum atomic E-state index is 14.1. The summed E-state index contributed by atoms with van der Waals surface area (Å²) in [6, 6.07) is 8.52. The molecule has 50 heavy (non-hydrogen) atoms. The van der Waals surface area contributed by atoms with Crippen LogP contribution in [0.3, 0.4) is 0 Å². The molecule has 2 amide bonds. The lowest BCUT2D eigenvalue weighted by atomic mass is 9.84. The highest BCUT2D eigenvalue weighted by atomic mass is 32.1. The monoisotopic (exact) mass is 722 g/mol. The van der Waals surface area contributed by atoms with Crippen LogP contribution in [0.5, 0.6) is 0 Å². The molecule has 0 saturated carbocycles. The number of rotatable bonds is 17. The van der Waals surface area contributed by atoms with Crippen molar-refractivity contribution in [2.75, 3.05) is 20.6 Å². The SMILES string of the molecule is CC(=O)O[C@H](C[C@H](C(C)C)N(C)C(=O)[C@H](CC(=O)[C@H]1CCCN1C)C(C)C(F)(F)F)c1nc(C(=O)N[C@@H](Cc2ccccc2)CC(C)C)cs1. The van der Waals surface area contributed by atoms with Gasteiger partial charge < -0.3 is 15.0 Å². The molecule has 2 heterocycles. The fraction of sp³-hybridized carbons (Fsp3) is 0.649. The molecule has 0 radical (unpaired) electrons. The summed E-state index contributed by atoms with van der Waals surface area (Å²) >= 11 is 1.13. The Labute approximate surface area is 298 Å². The Hall–Kier alpha value is -3.32. The number of amides is 2. The number of thiazole rings is 1. The van der Waals surface area contributed by atoms with Crippen molar-refractivity contribution in [1.82, 2.24) is 20.1 Å². The third kappa shape index (κ3) is 11.6. The maximum Gasteiger partial charge on any atom is 0.392 e. The van der Waals surface area contributed by atoms with Crippen molar-refractivity contribution in [3.8, 4) is 0 Å². The molecule has 9 nitrogen and oxygen atoms in total. The molecule has 278 valence electrons. The lowest BCUT2D eigenvalue weighted by Crippen LogP contribution is -2.48. The van der Waals surface area contributed by atoms with Crippen molar-refractivity contribution in [1.29, 1.82) is 0 Å². The molecule has 1 unspecified atom stereocenters. The van der Waals surface area contributed by atoms with Crippen LogP contribution >= 0.6 is 11.3 Å². The number of aromatic nitrogens is 1. The van der Waals surface area contributed by atoms with Crippen molar-refractivity contribution in [2.24, 2.45) is 23.7 Å². The van der Waals surface area contributed by atoms with E-state index >= 15 is 0 Å². The van der Waals surface area contributed by atoms with Crippen molar-refractivity contribution < 1.29 is 37.1 Å². The standard InChI is InChI=1S/C37H53F3N4O5S/c1-22(2)17-27(18-26-13-10-9-11-14-26)41-34(47)29-21-50-35(42-29)33(49-25(6)45)20-31(23(3)4)44(8)36(48)28(24(5)37(38,39)40)19-32(46)30-15-12-16-43(30)7/h9-11,13-14,21-24,27-28,30-31,33H,12,15-20H2,1-8H3,(H,41,47)/t24?,27-,28-,30-,31-,33-/m1/s1. The number of carbonyl (C=O) groups is 4. The molecule has 1 aliphatic heterocycles. The zero-order valence-electron chi connectivity index (χ0n) is 30.5.